The molecule has 2 saturated heterocycles. The van der Waals surface area contributed by atoms with Crippen molar-refractivity contribution in [3.63, 3.8) is 0 Å². The van der Waals surface area contributed by atoms with Crippen LogP contribution in [-0.4, -0.2) is 78.8 Å². The number of amides is 3. The molecular formula is C22H23F2N5O4S. The Balaban J connectivity index is 1.36. The predicted octanol–water partition coefficient (Wildman–Crippen LogP) is 2.72. The van der Waals surface area contributed by atoms with Crippen LogP contribution < -0.4 is 15.1 Å². The fourth-order valence-electron chi connectivity index (χ4n) is 3.87. The first-order valence-electron chi connectivity index (χ1n) is 10.6. The molecule has 0 saturated carbocycles. The molecule has 0 aliphatic carbocycles. The number of halogens is 2. The quantitative estimate of drug-likeness (QED) is 0.643. The first-order valence-corrected chi connectivity index (χ1v) is 11.8. The van der Waals surface area contributed by atoms with Crippen LogP contribution in [0.25, 0.3) is 0 Å². The molecule has 2 aliphatic rings. The van der Waals surface area contributed by atoms with E-state index in [1.807, 2.05) is 4.90 Å². The Morgan fingerprint density at radius 2 is 1.94 bits per heavy atom. The van der Waals surface area contributed by atoms with Crippen LogP contribution in [0.5, 0.6) is 0 Å². The highest BCUT2D eigenvalue weighted by molar-refractivity contribution is 8.12. The van der Waals surface area contributed by atoms with Crippen LogP contribution in [0.15, 0.2) is 36.4 Å². The first kappa shape index (κ1) is 23.7. The van der Waals surface area contributed by atoms with Crippen molar-refractivity contribution in [3.05, 3.63) is 53.9 Å². The van der Waals surface area contributed by atoms with Crippen LogP contribution in [0.4, 0.5) is 29.7 Å². The molecule has 9 nitrogen and oxygen atoms in total. The number of pyridine rings is 1. The minimum Gasteiger partial charge on any atom is -0.442 e. The molecule has 0 spiro atoms. The van der Waals surface area contributed by atoms with E-state index in [0.29, 0.717) is 37.6 Å². The zero-order valence-electron chi connectivity index (χ0n) is 18.4. The highest BCUT2D eigenvalue weighted by atomic mass is 32.2. The number of hydrogen-bond acceptors (Lipinski definition) is 7. The lowest BCUT2D eigenvalue weighted by atomic mass is 10.2. The summed E-state index contributed by atoms with van der Waals surface area (Å²) in [4.78, 5) is 44.5. The van der Waals surface area contributed by atoms with Gasteiger partial charge in [0.1, 0.15) is 17.6 Å². The van der Waals surface area contributed by atoms with E-state index in [4.69, 9.17) is 4.74 Å². The third-order valence-electron chi connectivity index (χ3n) is 5.62. The molecule has 0 bridgehead atoms. The minimum absolute atomic E-state index is 0.0350. The van der Waals surface area contributed by atoms with Crippen molar-refractivity contribution in [1.82, 2.24) is 15.2 Å². The third kappa shape index (κ3) is 5.22. The number of benzene rings is 1. The smallest absolute Gasteiger partial charge is 0.414 e. The summed E-state index contributed by atoms with van der Waals surface area (Å²) in [5.41, 5.74) is 0.750. The number of anilines is 2. The van der Waals surface area contributed by atoms with E-state index in [9.17, 15) is 23.2 Å². The maximum Gasteiger partial charge on any atom is 0.414 e. The number of carbonyl (C=O) groups excluding carboxylic acids is 3. The number of nitrogens with one attached hydrogen (secondary N) is 1. The molecule has 1 aromatic heterocycles. The SMILES string of the molecule is CSC(=O)NC[C@H]1CN(c2ccc(N3CCN(C(=O)c4cccc(F)n4)CC3)c(F)c2)C(=O)O1. The fraction of sp³-hybridized carbons (Fsp3) is 0.364. The van der Waals surface area contributed by atoms with Crippen LogP contribution in [0.2, 0.25) is 0 Å². The van der Waals surface area contributed by atoms with E-state index in [1.165, 1.54) is 29.2 Å². The lowest BCUT2D eigenvalue weighted by Crippen LogP contribution is -2.49. The van der Waals surface area contributed by atoms with E-state index in [2.05, 4.69) is 10.3 Å². The Morgan fingerprint density at radius 1 is 1.18 bits per heavy atom. The van der Waals surface area contributed by atoms with Crippen molar-refractivity contribution in [2.24, 2.45) is 0 Å². The van der Waals surface area contributed by atoms with Gasteiger partial charge in [0.25, 0.3) is 11.1 Å². The topological polar surface area (TPSA) is 95.1 Å². The average Bonchev–Trinajstić information content (AvgIpc) is 3.22. The molecule has 2 aromatic rings. The van der Waals surface area contributed by atoms with Crippen molar-refractivity contribution in [1.29, 1.82) is 0 Å². The average molecular weight is 492 g/mol. The standard InChI is InChI=1S/C22H23F2N5O4S/c1-34-21(31)25-12-15-13-29(22(32)33-15)14-5-6-18(16(23)11-14)27-7-9-28(10-8-27)20(30)17-3-2-4-19(24)26-17/h2-6,11,15H,7-10,12-13H2,1H3,(H,25,31)/t15-/m0/s1. The molecule has 3 heterocycles. The number of aromatic nitrogens is 1. The molecule has 1 atom stereocenters. The summed E-state index contributed by atoms with van der Waals surface area (Å²) in [5.74, 6) is -1.59. The minimum atomic E-state index is -0.718. The van der Waals surface area contributed by atoms with Crippen molar-refractivity contribution >= 4 is 40.4 Å². The van der Waals surface area contributed by atoms with Crippen LogP contribution in [0.3, 0.4) is 0 Å². The Bertz CT molecular complexity index is 1100. The zero-order valence-corrected chi connectivity index (χ0v) is 19.2. The van der Waals surface area contributed by atoms with Crippen molar-refractivity contribution in [2.75, 3.05) is 55.3 Å². The van der Waals surface area contributed by atoms with Gasteiger partial charge in [-0.2, -0.15) is 4.39 Å². The molecule has 4 rings (SSSR count). The molecule has 2 aliphatic heterocycles. The van der Waals surface area contributed by atoms with Crippen LogP contribution >= 0.6 is 11.8 Å². The van der Waals surface area contributed by atoms with Crippen molar-refractivity contribution in [2.45, 2.75) is 6.10 Å². The van der Waals surface area contributed by atoms with Gasteiger partial charge >= 0.3 is 6.09 Å². The summed E-state index contributed by atoms with van der Waals surface area (Å²) in [6, 6.07) is 8.56. The molecule has 1 aromatic carbocycles. The number of piperazine rings is 1. The maximum atomic E-state index is 15.0. The molecule has 0 radical (unpaired) electrons. The Hall–Kier alpha value is -3.41. The summed E-state index contributed by atoms with van der Waals surface area (Å²) in [5, 5.41) is 2.42. The summed E-state index contributed by atoms with van der Waals surface area (Å²) in [7, 11) is 0. The summed E-state index contributed by atoms with van der Waals surface area (Å²) in [6.07, 6.45) is 0.518. The maximum absolute atomic E-state index is 15.0. The Morgan fingerprint density at radius 3 is 2.62 bits per heavy atom. The molecule has 0 unspecified atom stereocenters. The number of nitrogens with zero attached hydrogens (tertiary/aromatic N) is 4. The second-order valence-electron chi connectivity index (χ2n) is 7.75. The second-order valence-corrected chi connectivity index (χ2v) is 8.53. The van der Waals surface area contributed by atoms with Crippen LogP contribution in [0, 0.1) is 11.8 Å². The lowest BCUT2D eigenvalue weighted by molar-refractivity contribution is 0.0739. The van der Waals surface area contributed by atoms with Crippen LogP contribution in [0.1, 0.15) is 10.5 Å². The van der Waals surface area contributed by atoms with Crippen molar-refractivity contribution < 1.29 is 27.9 Å². The second kappa shape index (κ2) is 10.2. The molecule has 12 heteroatoms. The Kier molecular flexibility index (Phi) is 7.15. The van der Waals surface area contributed by atoms with E-state index in [-0.39, 0.29) is 29.9 Å². The molecule has 180 valence electrons. The molecule has 2 fully saturated rings. The summed E-state index contributed by atoms with van der Waals surface area (Å²) < 4.78 is 33.5. The van der Waals surface area contributed by atoms with Gasteiger partial charge in [0, 0.05) is 26.2 Å². The number of hydrogen-bond donors (Lipinski definition) is 1. The van der Waals surface area contributed by atoms with E-state index in [0.717, 1.165) is 11.8 Å². The number of thioether (sulfide) groups is 1. The lowest BCUT2D eigenvalue weighted by Gasteiger charge is -2.36. The van der Waals surface area contributed by atoms with Gasteiger partial charge in [-0.05, 0) is 36.6 Å². The van der Waals surface area contributed by atoms with Gasteiger partial charge in [0.15, 0.2) is 0 Å². The van der Waals surface area contributed by atoms with Gasteiger partial charge in [-0.15, -0.1) is 0 Å². The van der Waals surface area contributed by atoms with Gasteiger partial charge in [0.05, 0.1) is 24.5 Å². The third-order valence-corrected chi connectivity index (χ3v) is 6.13. The van der Waals surface area contributed by atoms with E-state index >= 15 is 0 Å². The molecule has 34 heavy (non-hydrogen) atoms. The summed E-state index contributed by atoms with van der Waals surface area (Å²) >= 11 is 1.03. The largest absolute Gasteiger partial charge is 0.442 e. The number of rotatable bonds is 5. The first-order chi connectivity index (χ1) is 16.4. The highest BCUT2D eigenvalue weighted by Crippen LogP contribution is 2.28. The van der Waals surface area contributed by atoms with Gasteiger partial charge in [-0.1, -0.05) is 17.8 Å². The van der Waals surface area contributed by atoms with E-state index in [1.54, 1.807) is 23.3 Å². The van der Waals surface area contributed by atoms with Gasteiger partial charge in [-0.3, -0.25) is 14.5 Å². The molecular weight excluding hydrogens is 468 g/mol. The normalized spacial score (nSPS) is 18.1. The number of carbonyl (C=O) groups is 3. The Labute approximate surface area is 199 Å². The van der Waals surface area contributed by atoms with Gasteiger partial charge < -0.3 is 19.9 Å². The zero-order chi connectivity index (χ0) is 24.2. The number of ether oxygens (including phenoxy) is 1. The van der Waals surface area contributed by atoms with Gasteiger partial charge in [-0.25, -0.2) is 14.2 Å². The highest BCUT2D eigenvalue weighted by Gasteiger charge is 2.33. The van der Waals surface area contributed by atoms with Gasteiger partial charge in [0.2, 0.25) is 5.95 Å². The monoisotopic (exact) mass is 491 g/mol. The molecule has 1 N–H and O–H groups in total. The van der Waals surface area contributed by atoms with Crippen molar-refractivity contribution in [3.8, 4) is 0 Å². The summed E-state index contributed by atoms with van der Waals surface area (Å²) in [6.45, 7) is 1.82. The molecule has 3 amide bonds. The fourth-order valence-corrected chi connectivity index (χ4v) is 4.10. The van der Waals surface area contributed by atoms with E-state index < -0.39 is 24.0 Å². The van der Waals surface area contributed by atoms with Crippen LogP contribution in [-0.2, 0) is 4.74 Å². The number of cyclic esters (lactones) is 1. The predicted molar refractivity (Wildman–Crippen MR) is 123 cm³/mol.